The van der Waals surface area contributed by atoms with Gasteiger partial charge in [0.25, 0.3) is 5.91 Å². The van der Waals surface area contributed by atoms with Gasteiger partial charge in [0.05, 0.1) is 35.6 Å². The number of carbonyl (C=O) groups is 2. The Bertz CT molecular complexity index is 1470. The number of amides is 1. The molecule has 0 aliphatic carbocycles. The fourth-order valence-electron chi connectivity index (χ4n) is 4.16. The maximum atomic E-state index is 15.1. The van der Waals surface area contributed by atoms with Crippen molar-refractivity contribution < 1.29 is 23.8 Å². The molecule has 0 bridgehead atoms. The monoisotopic (exact) mass is 535 g/mol. The zero-order valence-electron chi connectivity index (χ0n) is 18.2. The second-order valence-electron chi connectivity index (χ2n) is 8.01. The van der Waals surface area contributed by atoms with E-state index in [2.05, 4.69) is 25.9 Å². The average Bonchev–Trinajstić information content (AvgIpc) is 3.41. The number of carbonyl (C=O) groups excluding carboxylic acids is 2. The number of fused-ring (bicyclic) bond motifs is 1. The number of aromatic nitrogens is 2. The minimum atomic E-state index is -1.18. The first-order valence-corrected chi connectivity index (χ1v) is 11.5. The van der Waals surface area contributed by atoms with Crippen LogP contribution in [0.1, 0.15) is 17.2 Å². The van der Waals surface area contributed by atoms with E-state index in [1.54, 1.807) is 24.3 Å². The van der Waals surface area contributed by atoms with E-state index in [-0.39, 0.29) is 24.4 Å². The predicted octanol–water partition coefficient (Wildman–Crippen LogP) is 5.15. The molecule has 1 amide bonds. The summed E-state index contributed by atoms with van der Waals surface area (Å²) >= 11 is 3.23. The van der Waals surface area contributed by atoms with Crippen molar-refractivity contribution in [1.29, 1.82) is 0 Å². The van der Waals surface area contributed by atoms with E-state index in [1.165, 1.54) is 23.4 Å². The number of nitrogens with zero attached hydrogens (tertiary/aromatic N) is 2. The molecule has 9 heteroatoms. The smallest absolute Gasteiger partial charge is 0.294 e. The van der Waals surface area contributed by atoms with Crippen molar-refractivity contribution in [3.8, 4) is 0 Å². The quantitative estimate of drug-likeness (QED) is 0.341. The van der Waals surface area contributed by atoms with Crippen molar-refractivity contribution in [3.63, 3.8) is 0 Å². The molecule has 1 unspecified atom stereocenters. The Kier molecular flexibility index (Phi) is 6.19. The summed E-state index contributed by atoms with van der Waals surface area (Å²) in [5, 5.41) is 10.8. The normalized spacial score (nSPS) is 15.9. The summed E-state index contributed by atoms with van der Waals surface area (Å²) in [5.41, 5.74) is 2.42. The predicted molar refractivity (Wildman–Crippen MR) is 131 cm³/mol. The number of aromatic amines is 1. The molecule has 0 saturated carbocycles. The van der Waals surface area contributed by atoms with Gasteiger partial charge in [-0.3, -0.25) is 14.5 Å². The van der Waals surface area contributed by atoms with Crippen LogP contribution >= 0.6 is 15.9 Å². The molecule has 7 nitrogen and oxygen atoms in total. The first-order chi connectivity index (χ1) is 16.9. The highest BCUT2D eigenvalue weighted by Crippen LogP contribution is 2.42. The minimum absolute atomic E-state index is 0.0710. The zero-order chi connectivity index (χ0) is 24.5. The summed E-state index contributed by atoms with van der Waals surface area (Å²) in [7, 11) is 0. The van der Waals surface area contributed by atoms with Crippen molar-refractivity contribution in [2.24, 2.45) is 0 Å². The van der Waals surface area contributed by atoms with E-state index in [1.807, 2.05) is 30.3 Å². The number of aliphatic hydroxyl groups excluding tert-OH is 1. The van der Waals surface area contributed by atoms with Gasteiger partial charge in [0, 0.05) is 15.7 Å². The van der Waals surface area contributed by atoms with Crippen molar-refractivity contribution in [2.75, 3.05) is 11.5 Å². The van der Waals surface area contributed by atoms with Crippen LogP contribution < -0.4 is 4.90 Å². The van der Waals surface area contributed by atoms with Crippen LogP contribution in [0.15, 0.2) is 88.9 Å². The van der Waals surface area contributed by atoms with Gasteiger partial charge in [-0.25, -0.2) is 9.37 Å². The molecular weight excluding hydrogens is 517 g/mol. The minimum Gasteiger partial charge on any atom is -0.503 e. The SMILES string of the molecule is O=C(COCc1ccccc1)C1=C(O)C(=O)N(c2ccc3nc[nH]c3c2)C1c1ccc(Br)cc1F. The highest BCUT2D eigenvalue weighted by Gasteiger charge is 2.45. The fraction of sp³-hybridized carbons (Fsp3) is 0.115. The van der Waals surface area contributed by atoms with Gasteiger partial charge in [-0.1, -0.05) is 52.3 Å². The first-order valence-electron chi connectivity index (χ1n) is 10.7. The summed E-state index contributed by atoms with van der Waals surface area (Å²) in [4.78, 5) is 34.8. The average molecular weight is 536 g/mol. The highest BCUT2D eigenvalue weighted by atomic mass is 79.9. The van der Waals surface area contributed by atoms with E-state index in [0.717, 1.165) is 5.56 Å². The number of hydrogen-bond donors (Lipinski definition) is 2. The van der Waals surface area contributed by atoms with E-state index >= 15 is 4.39 Å². The van der Waals surface area contributed by atoms with Crippen LogP contribution in [0.25, 0.3) is 11.0 Å². The highest BCUT2D eigenvalue weighted by molar-refractivity contribution is 9.10. The molecule has 0 spiro atoms. The molecule has 0 saturated heterocycles. The molecule has 0 fully saturated rings. The van der Waals surface area contributed by atoms with Gasteiger partial charge in [-0.05, 0) is 35.9 Å². The Morgan fingerprint density at radius 1 is 1.14 bits per heavy atom. The number of anilines is 1. The zero-order valence-corrected chi connectivity index (χ0v) is 19.8. The number of Topliss-reactive ketones (excluding diaryl/α,β-unsaturated/α-hetero) is 1. The van der Waals surface area contributed by atoms with Crippen LogP contribution in [0.5, 0.6) is 0 Å². The molecular formula is C26H19BrFN3O4. The van der Waals surface area contributed by atoms with Gasteiger partial charge in [0.1, 0.15) is 12.4 Å². The molecule has 5 rings (SSSR count). The lowest BCUT2D eigenvalue weighted by Crippen LogP contribution is -2.32. The third kappa shape index (κ3) is 4.36. The van der Waals surface area contributed by atoms with Gasteiger partial charge >= 0.3 is 0 Å². The molecule has 2 N–H and O–H groups in total. The number of H-pyrrole nitrogens is 1. The number of aliphatic hydroxyl groups is 1. The first kappa shape index (κ1) is 22.9. The van der Waals surface area contributed by atoms with Gasteiger partial charge in [-0.15, -0.1) is 0 Å². The van der Waals surface area contributed by atoms with Crippen LogP contribution in [0.3, 0.4) is 0 Å². The molecule has 0 radical (unpaired) electrons. The van der Waals surface area contributed by atoms with Crippen molar-refractivity contribution in [3.05, 3.63) is 106 Å². The molecule has 4 aromatic rings. The maximum absolute atomic E-state index is 15.1. The number of halogens is 2. The summed E-state index contributed by atoms with van der Waals surface area (Å²) in [6.07, 6.45) is 1.51. The lowest BCUT2D eigenvalue weighted by molar-refractivity contribution is -0.121. The van der Waals surface area contributed by atoms with Crippen molar-refractivity contribution in [1.82, 2.24) is 9.97 Å². The van der Waals surface area contributed by atoms with Crippen LogP contribution in [0.2, 0.25) is 0 Å². The summed E-state index contributed by atoms with van der Waals surface area (Å²) in [5.74, 6) is -2.77. The Balaban J connectivity index is 1.52. The second kappa shape index (κ2) is 9.44. The standard InChI is InChI=1S/C26H19BrFN3O4/c27-16-6-8-18(19(28)10-16)24-23(22(32)13-35-12-15-4-2-1-3-5-15)25(33)26(34)31(24)17-7-9-20-21(11-17)30-14-29-20/h1-11,14,24,33H,12-13H2,(H,29,30). The molecule has 1 atom stereocenters. The Morgan fingerprint density at radius 2 is 1.94 bits per heavy atom. The summed E-state index contributed by atoms with van der Waals surface area (Å²) in [6.45, 7) is -0.213. The Hall–Kier alpha value is -3.82. The fourth-order valence-corrected chi connectivity index (χ4v) is 4.49. The van der Waals surface area contributed by atoms with E-state index in [9.17, 15) is 14.7 Å². The number of nitrogens with one attached hydrogen (secondary N) is 1. The van der Waals surface area contributed by atoms with E-state index in [4.69, 9.17) is 4.74 Å². The maximum Gasteiger partial charge on any atom is 0.294 e. The topological polar surface area (TPSA) is 95.5 Å². The van der Waals surface area contributed by atoms with Crippen LogP contribution in [0, 0.1) is 5.82 Å². The lowest BCUT2D eigenvalue weighted by atomic mass is 9.95. The number of ether oxygens (including phenoxy) is 1. The van der Waals surface area contributed by atoms with E-state index < -0.39 is 29.3 Å². The number of benzene rings is 3. The number of hydrogen-bond acceptors (Lipinski definition) is 5. The molecule has 35 heavy (non-hydrogen) atoms. The molecule has 176 valence electrons. The third-order valence-corrected chi connectivity index (χ3v) is 6.29. The largest absolute Gasteiger partial charge is 0.503 e. The van der Waals surface area contributed by atoms with Crippen LogP contribution in [-0.2, 0) is 20.9 Å². The molecule has 3 aromatic carbocycles. The van der Waals surface area contributed by atoms with Crippen molar-refractivity contribution in [2.45, 2.75) is 12.6 Å². The Morgan fingerprint density at radius 3 is 2.71 bits per heavy atom. The lowest BCUT2D eigenvalue weighted by Gasteiger charge is -2.27. The second-order valence-corrected chi connectivity index (χ2v) is 8.93. The van der Waals surface area contributed by atoms with E-state index in [0.29, 0.717) is 21.2 Å². The van der Waals surface area contributed by atoms with Gasteiger partial charge in [0.2, 0.25) is 0 Å². The molecule has 1 aliphatic heterocycles. The van der Waals surface area contributed by atoms with Crippen LogP contribution in [0.4, 0.5) is 10.1 Å². The molecule has 1 aromatic heterocycles. The van der Waals surface area contributed by atoms with Crippen molar-refractivity contribution >= 4 is 44.3 Å². The van der Waals surface area contributed by atoms with Crippen LogP contribution in [-0.4, -0.2) is 33.4 Å². The summed E-state index contributed by atoms with van der Waals surface area (Å²) in [6, 6.07) is 17.4. The van der Waals surface area contributed by atoms with Gasteiger partial charge in [0.15, 0.2) is 11.5 Å². The van der Waals surface area contributed by atoms with Gasteiger partial charge < -0.3 is 14.8 Å². The number of rotatable bonds is 7. The molecule has 1 aliphatic rings. The Labute approximate surface area is 208 Å². The van der Waals surface area contributed by atoms with Gasteiger partial charge in [-0.2, -0.15) is 0 Å². The molecule has 2 heterocycles. The number of ketones is 1. The third-order valence-electron chi connectivity index (χ3n) is 5.79. The number of imidazole rings is 1. The summed E-state index contributed by atoms with van der Waals surface area (Å²) < 4.78 is 21.2.